The first-order chi connectivity index (χ1) is 14.6. The smallest absolute Gasteiger partial charge is 0.271 e. The number of hydrogen-bond donors (Lipinski definition) is 1. The second kappa shape index (κ2) is 8.88. The van der Waals surface area contributed by atoms with Crippen molar-refractivity contribution >= 4 is 23.9 Å². The van der Waals surface area contributed by atoms with Gasteiger partial charge in [0, 0.05) is 27.5 Å². The van der Waals surface area contributed by atoms with E-state index in [-0.39, 0.29) is 5.91 Å². The number of aromatic nitrogens is 1. The zero-order valence-corrected chi connectivity index (χ0v) is 17.5. The molecular formula is C24H21N3O2S. The van der Waals surface area contributed by atoms with Crippen LogP contribution in [0.3, 0.4) is 0 Å². The fourth-order valence-corrected chi connectivity index (χ4v) is 3.94. The fourth-order valence-electron chi connectivity index (χ4n) is 3.14. The van der Waals surface area contributed by atoms with Crippen LogP contribution < -0.4 is 5.43 Å². The first kappa shape index (κ1) is 19.8. The lowest BCUT2D eigenvalue weighted by Gasteiger charge is -2.10. The highest BCUT2D eigenvalue weighted by Crippen LogP contribution is 2.28. The zero-order valence-electron chi connectivity index (χ0n) is 16.7. The first-order valence-electron chi connectivity index (χ1n) is 9.52. The molecule has 0 spiro atoms. The Balaban J connectivity index is 1.40. The number of carbonyl (C=O) groups excluding carboxylic acids is 1. The van der Waals surface area contributed by atoms with Crippen LogP contribution in [0.4, 0.5) is 0 Å². The van der Waals surface area contributed by atoms with Gasteiger partial charge >= 0.3 is 0 Å². The molecule has 0 aliphatic carbocycles. The van der Waals surface area contributed by atoms with Crippen molar-refractivity contribution in [1.82, 2.24) is 9.99 Å². The Labute approximate surface area is 179 Å². The summed E-state index contributed by atoms with van der Waals surface area (Å²) in [5.41, 5.74) is 6.28. The minimum atomic E-state index is -0.277. The van der Waals surface area contributed by atoms with Crippen molar-refractivity contribution < 1.29 is 9.21 Å². The van der Waals surface area contributed by atoms with Crippen molar-refractivity contribution in [2.24, 2.45) is 5.10 Å². The summed E-state index contributed by atoms with van der Waals surface area (Å²) in [6, 6.07) is 25.3. The van der Waals surface area contributed by atoms with E-state index in [1.807, 2.05) is 74.5 Å². The van der Waals surface area contributed by atoms with Crippen molar-refractivity contribution in [3.63, 3.8) is 0 Å². The van der Waals surface area contributed by atoms with Crippen molar-refractivity contribution in [3.05, 3.63) is 102 Å². The molecule has 1 N–H and O–H groups in total. The Morgan fingerprint density at radius 2 is 1.73 bits per heavy atom. The molecule has 5 nitrogen and oxygen atoms in total. The maximum absolute atomic E-state index is 12.5. The van der Waals surface area contributed by atoms with Crippen LogP contribution in [-0.4, -0.2) is 16.7 Å². The Hall–Kier alpha value is -3.51. The third-order valence-corrected chi connectivity index (χ3v) is 5.49. The Morgan fingerprint density at radius 3 is 2.50 bits per heavy atom. The van der Waals surface area contributed by atoms with Gasteiger partial charge in [0.1, 0.15) is 5.76 Å². The monoisotopic (exact) mass is 415 g/mol. The van der Waals surface area contributed by atoms with Crippen LogP contribution in [0.15, 0.2) is 98.4 Å². The summed E-state index contributed by atoms with van der Waals surface area (Å²) in [5, 5.41) is 4.79. The number of hydrogen-bond acceptors (Lipinski definition) is 4. The molecule has 0 saturated carbocycles. The van der Waals surface area contributed by atoms with Crippen LogP contribution in [0.5, 0.6) is 0 Å². The molecule has 30 heavy (non-hydrogen) atoms. The van der Waals surface area contributed by atoms with Gasteiger partial charge in [-0.2, -0.15) is 5.10 Å². The van der Waals surface area contributed by atoms with Crippen molar-refractivity contribution in [3.8, 4) is 5.69 Å². The number of rotatable bonds is 6. The number of nitrogens with one attached hydrogen (secondary N) is 1. The van der Waals surface area contributed by atoms with Gasteiger partial charge in [-0.1, -0.05) is 36.0 Å². The third kappa shape index (κ3) is 4.55. The van der Waals surface area contributed by atoms with Crippen LogP contribution in [-0.2, 0) is 0 Å². The number of carbonyl (C=O) groups is 1. The summed E-state index contributed by atoms with van der Waals surface area (Å²) < 4.78 is 7.83. The average molecular weight is 416 g/mol. The second-order valence-corrected chi connectivity index (χ2v) is 7.85. The Bertz CT molecular complexity index is 1170. The Morgan fingerprint density at radius 1 is 0.967 bits per heavy atom. The van der Waals surface area contributed by atoms with Crippen LogP contribution >= 0.6 is 11.8 Å². The van der Waals surface area contributed by atoms with E-state index >= 15 is 0 Å². The topological polar surface area (TPSA) is 59.5 Å². The van der Waals surface area contributed by atoms with Gasteiger partial charge in [0.15, 0.2) is 5.09 Å². The highest BCUT2D eigenvalue weighted by Gasteiger charge is 2.09. The largest absolute Gasteiger partial charge is 0.448 e. The molecule has 0 bridgehead atoms. The lowest BCUT2D eigenvalue weighted by atomic mass is 10.2. The van der Waals surface area contributed by atoms with Crippen LogP contribution in [0.25, 0.3) is 5.69 Å². The molecule has 2 aromatic heterocycles. The van der Waals surface area contributed by atoms with E-state index in [2.05, 4.69) is 27.2 Å². The Kier molecular flexibility index (Phi) is 5.86. The lowest BCUT2D eigenvalue weighted by molar-refractivity contribution is 0.0955. The maximum atomic E-state index is 12.5. The molecule has 150 valence electrons. The maximum Gasteiger partial charge on any atom is 0.271 e. The van der Waals surface area contributed by atoms with Crippen LogP contribution in [0, 0.1) is 13.8 Å². The summed E-state index contributed by atoms with van der Waals surface area (Å²) in [5.74, 6) is 0.294. The fraction of sp³-hybridized carbons (Fsp3) is 0.0833. The number of hydrazone groups is 1. The first-order valence-corrected chi connectivity index (χ1v) is 10.3. The second-order valence-electron chi connectivity index (χ2n) is 6.77. The van der Waals surface area contributed by atoms with E-state index in [9.17, 15) is 4.79 Å². The summed E-state index contributed by atoms with van der Waals surface area (Å²) in [4.78, 5) is 13.6. The zero-order chi connectivity index (χ0) is 20.9. The van der Waals surface area contributed by atoms with Gasteiger partial charge in [-0.3, -0.25) is 4.79 Å². The molecular weight excluding hydrogens is 394 g/mol. The number of furan rings is 1. The molecule has 1 amide bonds. The van der Waals surface area contributed by atoms with Crippen LogP contribution in [0.2, 0.25) is 0 Å². The lowest BCUT2D eigenvalue weighted by Crippen LogP contribution is -2.17. The molecule has 4 aromatic rings. The van der Waals surface area contributed by atoms with E-state index in [1.165, 1.54) is 18.0 Å². The molecule has 4 rings (SSSR count). The van der Waals surface area contributed by atoms with E-state index in [0.29, 0.717) is 11.3 Å². The van der Waals surface area contributed by atoms with E-state index < -0.39 is 0 Å². The van der Waals surface area contributed by atoms with Gasteiger partial charge in [0.05, 0.1) is 6.21 Å². The van der Waals surface area contributed by atoms with E-state index in [0.717, 1.165) is 27.1 Å². The van der Waals surface area contributed by atoms with Gasteiger partial charge in [-0.25, -0.2) is 5.43 Å². The number of amides is 1. The summed E-state index contributed by atoms with van der Waals surface area (Å²) in [6.45, 7) is 4.08. The highest BCUT2D eigenvalue weighted by atomic mass is 32.2. The van der Waals surface area contributed by atoms with Gasteiger partial charge < -0.3 is 8.98 Å². The predicted molar refractivity (Wildman–Crippen MR) is 120 cm³/mol. The number of aryl methyl sites for hydroxylation is 2. The van der Waals surface area contributed by atoms with Crippen molar-refractivity contribution in [2.45, 2.75) is 23.8 Å². The number of benzene rings is 2. The molecule has 0 atom stereocenters. The minimum absolute atomic E-state index is 0.277. The molecule has 0 saturated heterocycles. The third-order valence-electron chi connectivity index (χ3n) is 4.56. The molecule has 2 heterocycles. The average Bonchev–Trinajstić information content (AvgIpc) is 3.34. The summed E-state index contributed by atoms with van der Waals surface area (Å²) in [6.07, 6.45) is 1.50. The predicted octanol–water partition coefficient (Wildman–Crippen LogP) is 5.60. The molecule has 0 radical (unpaired) electrons. The van der Waals surface area contributed by atoms with Gasteiger partial charge in [0.25, 0.3) is 5.91 Å². The SMILES string of the molecule is Cc1ccc(C)n1-c1cccc(C(=O)N/N=C\c2ccc(Sc3ccccc3)o2)c1. The molecule has 0 fully saturated rings. The van der Waals surface area contributed by atoms with Crippen molar-refractivity contribution in [2.75, 3.05) is 0 Å². The van der Waals surface area contributed by atoms with Gasteiger partial charge in [0.2, 0.25) is 0 Å². The van der Waals surface area contributed by atoms with Gasteiger partial charge in [-0.15, -0.1) is 0 Å². The van der Waals surface area contributed by atoms with Gasteiger partial charge in [-0.05, 0) is 68.4 Å². The minimum Gasteiger partial charge on any atom is -0.448 e. The summed E-state index contributed by atoms with van der Waals surface area (Å²) >= 11 is 1.53. The quantitative estimate of drug-likeness (QED) is 0.329. The molecule has 2 aromatic carbocycles. The van der Waals surface area contributed by atoms with E-state index in [1.54, 1.807) is 6.07 Å². The molecule has 0 aliphatic heterocycles. The molecule has 6 heteroatoms. The normalized spacial score (nSPS) is 11.1. The highest BCUT2D eigenvalue weighted by molar-refractivity contribution is 7.99. The number of nitrogens with zero attached hydrogens (tertiary/aromatic N) is 2. The molecule has 0 aliphatic rings. The summed E-state index contributed by atoms with van der Waals surface area (Å²) in [7, 11) is 0. The van der Waals surface area contributed by atoms with E-state index in [4.69, 9.17) is 4.42 Å². The van der Waals surface area contributed by atoms with Crippen LogP contribution in [0.1, 0.15) is 27.5 Å². The standard InChI is InChI=1S/C24H21N3O2S/c1-17-11-12-18(2)27(17)20-8-6-7-19(15-20)24(28)26-25-16-21-13-14-23(29-21)30-22-9-4-3-5-10-22/h3-16H,1-2H3,(H,26,28)/b25-16-. The molecule has 0 unspecified atom stereocenters. The van der Waals surface area contributed by atoms with Crippen molar-refractivity contribution in [1.29, 1.82) is 0 Å².